The third kappa shape index (κ3) is 8.03. The molecule has 2 amide bonds. The van der Waals surface area contributed by atoms with Gasteiger partial charge < -0.3 is 10.2 Å². The highest BCUT2D eigenvalue weighted by Gasteiger charge is 2.32. The van der Waals surface area contributed by atoms with Gasteiger partial charge in [0.15, 0.2) is 0 Å². The first-order chi connectivity index (χ1) is 16.2. The summed E-state index contributed by atoms with van der Waals surface area (Å²) in [6, 6.07) is 24.7. The smallest absolute Gasteiger partial charge is 0.243 e. The average Bonchev–Trinajstić information content (AvgIpc) is 2.81. The van der Waals surface area contributed by atoms with E-state index in [0.29, 0.717) is 6.42 Å². The zero-order valence-electron chi connectivity index (χ0n) is 19.8. The number of benzene rings is 3. The largest absolute Gasteiger partial charge is 0.350 e. The summed E-state index contributed by atoms with van der Waals surface area (Å²) in [4.78, 5) is 29.6. The second-order valence-electron chi connectivity index (χ2n) is 9.19. The van der Waals surface area contributed by atoms with Crippen LogP contribution in [-0.4, -0.2) is 34.0 Å². The molecule has 4 nitrogen and oxygen atoms in total. The molecule has 0 bridgehead atoms. The van der Waals surface area contributed by atoms with Crippen LogP contribution in [0.5, 0.6) is 0 Å². The number of hydrogen-bond acceptors (Lipinski definition) is 3. The Labute approximate surface area is 205 Å². The van der Waals surface area contributed by atoms with Crippen molar-refractivity contribution in [1.82, 2.24) is 10.2 Å². The van der Waals surface area contributed by atoms with Crippen LogP contribution in [0.15, 0.2) is 89.8 Å². The monoisotopic (exact) mass is 478 g/mol. The average molecular weight is 479 g/mol. The maximum atomic E-state index is 13.5. The second-order valence-corrected chi connectivity index (χ2v) is 10.2. The van der Waals surface area contributed by atoms with E-state index in [9.17, 15) is 14.0 Å². The first-order valence-corrected chi connectivity index (χ1v) is 12.3. The highest BCUT2D eigenvalue weighted by atomic mass is 32.2. The molecule has 3 aromatic rings. The minimum Gasteiger partial charge on any atom is -0.350 e. The normalized spacial score (nSPS) is 12.1. The maximum Gasteiger partial charge on any atom is 0.243 e. The minimum atomic E-state index is -0.712. The van der Waals surface area contributed by atoms with Gasteiger partial charge in [0.1, 0.15) is 11.9 Å². The van der Waals surface area contributed by atoms with Crippen LogP contribution in [0, 0.1) is 5.82 Å². The van der Waals surface area contributed by atoms with Crippen molar-refractivity contribution in [1.29, 1.82) is 0 Å². The van der Waals surface area contributed by atoms with E-state index >= 15 is 0 Å². The number of thioether (sulfide) groups is 1. The first kappa shape index (κ1) is 25.5. The molecule has 0 saturated carbocycles. The Morgan fingerprint density at radius 3 is 2.06 bits per heavy atom. The topological polar surface area (TPSA) is 49.4 Å². The van der Waals surface area contributed by atoms with Crippen molar-refractivity contribution in [3.8, 4) is 0 Å². The maximum absolute atomic E-state index is 13.5. The van der Waals surface area contributed by atoms with Gasteiger partial charge in [-0.3, -0.25) is 9.59 Å². The van der Waals surface area contributed by atoms with E-state index in [1.54, 1.807) is 17.0 Å². The van der Waals surface area contributed by atoms with Crippen LogP contribution >= 0.6 is 11.8 Å². The van der Waals surface area contributed by atoms with E-state index in [0.717, 1.165) is 16.0 Å². The zero-order valence-corrected chi connectivity index (χ0v) is 20.6. The molecular weight excluding hydrogens is 447 g/mol. The molecule has 0 unspecified atom stereocenters. The molecule has 0 aromatic heterocycles. The molecule has 0 saturated heterocycles. The minimum absolute atomic E-state index is 0.150. The molecule has 0 aliphatic rings. The number of rotatable bonds is 9. The van der Waals surface area contributed by atoms with Crippen LogP contribution in [0.2, 0.25) is 0 Å². The lowest BCUT2D eigenvalue weighted by Gasteiger charge is -2.34. The van der Waals surface area contributed by atoms with Crippen molar-refractivity contribution in [3.05, 3.63) is 102 Å². The fourth-order valence-corrected chi connectivity index (χ4v) is 4.34. The molecule has 0 radical (unpaired) electrons. The van der Waals surface area contributed by atoms with E-state index in [4.69, 9.17) is 0 Å². The highest BCUT2D eigenvalue weighted by molar-refractivity contribution is 8.00. The summed E-state index contributed by atoms with van der Waals surface area (Å²) in [6.07, 6.45) is 0.381. The number of hydrogen-bond donors (Lipinski definition) is 1. The summed E-state index contributed by atoms with van der Waals surface area (Å²) < 4.78 is 13.5. The molecule has 6 heteroatoms. The fourth-order valence-electron chi connectivity index (χ4n) is 3.54. The summed E-state index contributed by atoms with van der Waals surface area (Å²) in [7, 11) is 0. The van der Waals surface area contributed by atoms with Gasteiger partial charge in [0.2, 0.25) is 11.8 Å². The van der Waals surface area contributed by atoms with Gasteiger partial charge in [0.25, 0.3) is 0 Å². The molecule has 34 heavy (non-hydrogen) atoms. The molecule has 178 valence electrons. The molecule has 1 atom stereocenters. The SMILES string of the molecule is CC(C)(C)NC(=O)[C@H](Cc1ccccc1)N(Cc1ccc(F)cc1)C(=O)CSc1ccccc1. The lowest BCUT2D eigenvalue weighted by Crippen LogP contribution is -2.54. The Balaban J connectivity index is 1.91. The van der Waals surface area contributed by atoms with Crippen molar-refractivity contribution in [2.45, 2.75) is 50.2 Å². The third-order valence-electron chi connectivity index (χ3n) is 5.14. The number of halogens is 1. The van der Waals surface area contributed by atoms with E-state index < -0.39 is 11.6 Å². The summed E-state index contributed by atoms with van der Waals surface area (Å²) in [5.41, 5.74) is 1.28. The van der Waals surface area contributed by atoms with Gasteiger partial charge in [0, 0.05) is 23.4 Å². The van der Waals surface area contributed by atoms with Crippen molar-refractivity contribution in [3.63, 3.8) is 0 Å². The predicted molar refractivity (Wildman–Crippen MR) is 136 cm³/mol. The number of carbonyl (C=O) groups excluding carboxylic acids is 2. The molecular formula is C28H31FN2O2S. The van der Waals surface area contributed by atoms with Gasteiger partial charge in [-0.05, 0) is 56.2 Å². The summed E-state index contributed by atoms with van der Waals surface area (Å²) in [5.74, 6) is -0.508. The van der Waals surface area contributed by atoms with Gasteiger partial charge in [-0.2, -0.15) is 0 Å². The van der Waals surface area contributed by atoms with Crippen LogP contribution in [0.25, 0.3) is 0 Å². The van der Waals surface area contributed by atoms with Crippen molar-refractivity contribution < 1.29 is 14.0 Å². The fraction of sp³-hybridized carbons (Fsp3) is 0.286. The van der Waals surface area contributed by atoms with E-state index in [1.807, 2.05) is 81.4 Å². The van der Waals surface area contributed by atoms with E-state index in [1.165, 1.54) is 23.9 Å². The molecule has 0 heterocycles. The number of carbonyl (C=O) groups is 2. The molecule has 3 aromatic carbocycles. The van der Waals surface area contributed by atoms with E-state index in [-0.39, 0.29) is 29.9 Å². The number of nitrogens with one attached hydrogen (secondary N) is 1. The van der Waals surface area contributed by atoms with E-state index in [2.05, 4.69) is 5.32 Å². The Morgan fingerprint density at radius 2 is 1.47 bits per heavy atom. The predicted octanol–water partition coefficient (Wildman–Crippen LogP) is 5.47. The number of amides is 2. The lowest BCUT2D eigenvalue weighted by atomic mass is 10.0. The lowest BCUT2D eigenvalue weighted by molar-refractivity contribution is -0.140. The standard InChI is InChI=1S/C28H31FN2O2S/c1-28(2,3)30-27(33)25(18-21-10-6-4-7-11-21)31(19-22-14-16-23(29)17-15-22)26(32)20-34-24-12-8-5-9-13-24/h4-17,25H,18-20H2,1-3H3,(H,30,33)/t25-/m0/s1. The third-order valence-corrected chi connectivity index (χ3v) is 6.14. The summed E-state index contributed by atoms with van der Waals surface area (Å²) in [6.45, 7) is 5.97. The van der Waals surface area contributed by atoms with Crippen molar-refractivity contribution in [2.75, 3.05) is 5.75 Å². The van der Waals surface area contributed by atoms with Crippen molar-refractivity contribution >= 4 is 23.6 Å². The molecule has 0 aliphatic carbocycles. The van der Waals surface area contributed by atoms with Gasteiger partial charge in [-0.15, -0.1) is 11.8 Å². The quantitative estimate of drug-likeness (QED) is 0.415. The molecule has 1 N–H and O–H groups in total. The molecule has 0 aliphatic heterocycles. The van der Waals surface area contributed by atoms with Gasteiger partial charge in [0.05, 0.1) is 5.75 Å². The highest BCUT2D eigenvalue weighted by Crippen LogP contribution is 2.21. The summed E-state index contributed by atoms with van der Waals surface area (Å²) >= 11 is 1.44. The molecule has 3 rings (SSSR count). The first-order valence-electron chi connectivity index (χ1n) is 11.3. The van der Waals surface area contributed by atoms with Crippen LogP contribution in [0.1, 0.15) is 31.9 Å². The Bertz CT molecular complexity index is 1070. The number of nitrogens with zero attached hydrogens (tertiary/aromatic N) is 1. The Kier molecular flexibility index (Phi) is 8.88. The summed E-state index contributed by atoms with van der Waals surface area (Å²) in [5, 5.41) is 3.04. The van der Waals surface area contributed by atoms with Gasteiger partial charge in [-0.1, -0.05) is 60.7 Å². The van der Waals surface area contributed by atoms with Crippen LogP contribution in [-0.2, 0) is 22.6 Å². The second kappa shape index (κ2) is 11.8. The van der Waals surface area contributed by atoms with Crippen molar-refractivity contribution in [2.24, 2.45) is 0 Å². The van der Waals surface area contributed by atoms with Gasteiger partial charge in [-0.25, -0.2) is 4.39 Å². The van der Waals surface area contributed by atoms with Crippen LogP contribution in [0.4, 0.5) is 4.39 Å². The Morgan fingerprint density at radius 1 is 0.882 bits per heavy atom. The molecule has 0 spiro atoms. The van der Waals surface area contributed by atoms with Crippen LogP contribution in [0.3, 0.4) is 0 Å². The van der Waals surface area contributed by atoms with Gasteiger partial charge >= 0.3 is 0 Å². The molecule has 0 fully saturated rings. The zero-order chi connectivity index (χ0) is 24.6. The van der Waals surface area contributed by atoms with Crippen LogP contribution < -0.4 is 5.32 Å². The Hall–Kier alpha value is -3.12.